The normalized spacial score (nSPS) is 9.89. The minimum atomic E-state index is -0.228. The fraction of sp³-hybridized carbons (Fsp3) is 0.231. The fourth-order valence-electron chi connectivity index (χ4n) is 1.64. The van der Waals surface area contributed by atoms with Crippen molar-refractivity contribution >= 4 is 23.1 Å². The second kappa shape index (κ2) is 6.07. The van der Waals surface area contributed by atoms with Crippen LogP contribution in [-0.2, 0) is 6.42 Å². The van der Waals surface area contributed by atoms with E-state index in [-0.39, 0.29) is 5.91 Å². The zero-order valence-corrected chi connectivity index (χ0v) is 11.2. The molecule has 2 rings (SSSR count). The van der Waals surface area contributed by atoms with Crippen LogP contribution in [0.1, 0.15) is 34.3 Å². The molecule has 0 radical (unpaired) electrons. The van der Waals surface area contributed by atoms with Crippen LogP contribution in [0.2, 0.25) is 0 Å². The SMILES string of the molecule is CCCc1nnsc1C(=O)Nc1cccc(C#N)c1. The van der Waals surface area contributed by atoms with E-state index in [0.29, 0.717) is 16.1 Å². The van der Waals surface area contributed by atoms with E-state index in [9.17, 15) is 4.79 Å². The molecule has 1 N–H and O–H groups in total. The van der Waals surface area contributed by atoms with Gasteiger partial charge >= 0.3 is 0 Å². The number of nitrogens with zero attached hydrogens (tertiary/aromatic N) is 3. The lowest BCUT2D eigenvalue weighted by molar-refractivity contribution is 0.102. The molecule has 0 saturated heterocycles. The Labute approximate surface area is 115 Å². The summed E-state index contributed by atoms with van der Waals surface area (Å²) >= 11 is 1.09. The highest BCUT2D eigenvalue weighted by molar-refractivity contribution is 7.08. The van der Waals surface area contributed by atoms with Crippen molar-refractivity contribution in [1.29, 1.82) is 5.26 Å². The molecule has 19 heavy (non-hydrogen) atoms. The van der Waals surface area contributed by atoms with Gasteiger partial charge < -0.3 is 5.32 Å². The van der Waals surface area contributed by atoms with Crippen molar-refractivity contribution in [2.24, 2.45) is 0 Å². The summed E-state index contributed by atoms with van der Waals surface area (Å²) in [6, 6.07) is 8.82. The number of hydrogen-bond acceptors (Lipinski definition) is 5. The number of carbonyl (C=O) groups excluding carboxylic acids is 1. The number of aromatic nitrogens is 2. The summed E-state index contributed by atoms with van der Waals surface area (Å²) in [7, 11) is 0. The van der Waals surface area contributed by atoms with Crippen molar-refractivity contribution < 1.29 is 4.79 Å². The maximum Gasteiger partial charge on any atom is 0.269 e. The molecule has 5 nitrogen and oxygen atoms in total. The molecule has 0 bridgehead atoms. The number of nitrogens with one attached hydrogen (secondary N) is 1. The summed E-state index contributed by atoms with van der Waals surface area (Å²) in [5, 5.41) is 15.5. The Kier molecular flexibility index (Phi) is 4.21. The van der Waals surface area contributed by atoms with Gasteiger partial charge in [0.25, 0.3) is 5.91 Å². The first-order valence-corrected chi connectivity index (χ1v) is 6.64. The number of carbonyl (C=O) groups is 1. The number of hydrogen-bond donors (Lipinski definition) is 1. The minimum Gasteiger partial charge on any atom is -0.321 e. The molecule has 1 aromatic carbocycles. The van der Waals surface area contributed by atoms with Crippen molar-refractivity contribution in [2.75, 3.05) is 5.32 Å². The van der Waals surface area contributed by atoms with E-state index in [4.69, 9.17) is 5.26 Å². The van der Waals surface area contributed by atoms with E-state index in [1.54, 1.807) is 24.3 Å². The quantitative estimate of drug-likeness (QED) is 0.927. The number of aryl methyl sites for hydroxylation is 1. The summed E-state index contributed by atoms with van der Waals surface area (Å²) in [5.41, 5.74) is 1.83. The van der Waals surface area contributed by atoms with Crippen LogP contribution in [0.15, 0.2) is 24.3 Å². The second-order valence-electron chi connectivity index (χ2n) is 3.95. The Hall–Kier alpha value is -2.26. The molecule has 2 aromatic rings. The van der Waals surface area contributed by atoms with Crippen molar-refractivity contribution in [3.63, 3.8) is 0 Å². The fourth-order valence-corrected chi connectivity index (χ4v) is 2.24. The lowest BCUT2D eigenvalue weighted by Gasteiger charge is -2.04. The molecule has 1 aromatic heterocycles. The highest BCUT2D eigenvalue weighted by atomic mass is 32.1. The zero-order valence-electron chi connectivity index (χ0n) is 10.4. The van der Waals surface area contributed by atoms with Crippen molar-refractivity contribution in [3.05, 3.63) is 40.4 Å². The summed E-state index contributed by atoms with van der Waals surface area (Å²) in [6.45, 7) is 2.03. The van der Waals surface area contributed by atoms with Crippen LogP contribution in [0, 0.1) is 11.3 Å². The predicted molar refractivity (Wildman–Crippen MR) is 73.0 cm³/mol. The van der Waals surface area contributed by atoms with Gasteiger partial charge in [0.15, 0.2) is 0 Å². The molecule has 0 atom stereocenters. The van der Waals surface area contributed by atoms with Crippen LogP contribution in [0.5, 0.6) is 0 Å². The maximum atomic E-state index is 12.1. The summed E-state index contributed by atoms with van der Waals surface area (Å²) in [6.07, 6.45) is 1.65. The molecule has 6 heteroatoms. The van der Waals surface area contributed by atoms with E-state index >= 15 is 0 Å². The topological polar surface area (TPSA) is 78.7 Å². The van der Waals surface area contributed by atoms with Crippen LogP contribution >= 0.6 is 11.5 Å². The molecule has 0 unspecified atom stereocenters. The zero-order chi connectivity index (χ0) is 13.7. The van der Waals surface area contributed by atoms with E-state index in [1.165, 1.54) is 0 Å². The standard InChI is InChI=1S/C13H12N4OS/c1-2-4-11-12(19-17-16-11)13(18)15-10-6-3-5-9(7-10)8-14/h3,5-7H,2,4H2,1H3,(H,15,18). The highest BCUT2D eigenvalue weighted by Crippen LogP contribution is 2.16. The van der Waals surface area contributed by atoms with E-state index in [2.05, 4.69) is 14.9 Å². The minimum absolute atomic E-state index is 0.228. The van der Waals surface area contributed by atoms with Gasteiger partial charge in [-0.15, -0.1) is 5.10 Å². The van der Waals surface area contributed by atoms with Crippen LogP contribution in [0.3, 0.4) is 0 Å². The van der Waals surface area contributed by atoms with Crippen molar-refractivity contribution in [3.8, 4) is 6.07 Å². The molecule has 0 aliphatic rings. The molecule has 0 aliphatic carbocycles. The third-order valence-electron chi connectivity index (χ3n) is 2.50. The Morgan fingerprint density at radius 3 is 3.11 bits per heavy atom. The third kappa shape index (κ3) is 3.14. The first-order valence-electron chi connectivity index (χ1n) is 5.87. The third-order valence-corrected chi connectivity index (χ3v) is 3.27. The van der Waals surface area contributed by atoms with Gasteiger partial charge in [0.05, 0.1) is 17.3 Å². The van der Waals surface area contributed by atoms with Crippen LogP contribution in [0.4, 0.5) is 5.69 Å². The molecule has 0 fully saturated rings. The smallest absolute Gasteiger partial charge is 0.269 e. The molecule has 96 valence electrons. The van der Waals surface area contributed by atoms with E-state index in [1.807, 2.05) is 13.0 Å². The molecule has 0 spiro atoms. The molecule has 1 heterocycles. The molecule has 0 aliphatic heterocycles. The number of amides is 1. The van der Waals surface area contributed by atoms with E-state index < -0.39 is 0 Å². The van der Waals surface area contributed by atoms with Crippen LogP contribution < -0.4 is 5.32 Å². The Morgan fingerprint density at radius 2 is 2.37 bits per heavy atom. The van der Waals surface area contributed by atoms with Gasteiger partial charge in [-0.1, -0.05) is 23.9 Å². The molecular weight excluding hydrogens is 260 g/mol. The maximum absolute atomic E-state index is 12.1. The van der Waals surface area contributed by atoms with E-state index in [0.717, 1.165) is 30.1 Å². The van der Waals surface area contributed by atoms with Crippen molar-refractivity contribution in [1.82, 2.24) is 9.59 Å². The molecule has 1 amide bonds. The largest absolute Gasteiger partial charge is 0.321 e. The van der Waals surface area contributed by atoms with Gasteiger partial charge in [0, 0.05) is 5.69 Å². The highest BCUT2D eigenvalue weighted by Gasteiger charge is 2.15. The predicted octanol–water partition coefficient (Wildman–Crippen LogP) is 2.61. The first-order chi connectivity index (χ1) is 9.24. The van der Waals surface area contributed by atoms with Gasteiger partial charge in [0.1, 0.15) is 4.88 Å². The van der Waals surface area contributed by atoms with Gasteiger partial charge in [-0.2, -0.15) is 5.26 Å². The summed E-state index contributed by atoms with van der Waals surface area (Å²) in [4.78, 5) is 12.6. The average molecular weight is 272 g/mol. The number of anilines is 1. The first kappa shape index (κ1) is 13.2. The lowest BCUT2D eigenvalue weighted by atomic mass is 10.2. The Morgan fingerprint density at radius 1 is 1.53 bits per heavy atom. The second-order valence-corrected chi connectivity index (χ2v) is 4.70. The molecular formula is C13H12N4OS. The Balaban J connectivity index is 2.16. The van der Waals surface area contributed by atoms with Gasteiger partial charge in [-0.05, 0) is 36.2 Å². The Bertz CT molecular complexity index is 630. The van der Waals surface area contributed by atoms with Gasteiger partial charge in [-0.3, -0.25) is 4.79 Å². The molecule has 0 saturated carbocycles. The van der Waals surface area contributed by atoms with Crippen molar-refractivity contribution in [2.45, 2.75) is 19.8 Å². The lowest BCUT2D eigenvalue weighted by Crippen LogP contribution is -2.12. The van der Waals surface area contributed by atoms with Gasteiger partial charge in [-0.25, -0.2) is 0 Å². The summed E-state index contributed by atoms with van der Waals surface area (Å²) in [5.74, 6) is -0.228. The number of nitriles is 1. The monoisotopic (exact) mass is 272 g/mol. The van der Waals surface area contributed by atoms with Gasteiger partial charge in [0.2, 0.25) is 0 Å². The average Bonchev–Trinajstić information content (AvgIpc) is 2.88. The number of benzene rings is 1. The summed E-state index contributed by atoms with van der Waals surface area (Å²) < 4.78 is 3.82. The number of rotatable bonds is 4. The van der Waals surface area contributed by atoms with Crippen LogP contribution in [0.25, 0.3) is 0 Å². The van der Waals surface area contributed by atoms with Crippen LogP contribution in [-0.4, -0.2) is 15.5 Å².